The maximum Gasteiger partial charge on any atom is 0.261 e. The number of hydrogen-bond donors (Lipinski definition) is 2. The van der Waals surface area contributed by atoms with E-state index in [-0.39, 0.29) is 17.5 Å². The molecule has 5 nitrogen and oxygen atoms in total. The Morgan fingerprint density at radius 3 is 2.75 bits per heavy atom. The molecule has 3 aromatic rings. The topological polar surface area (TPSA) is 75.1 Å². The number of nitrogens with one attached hydrogen (secondary N) is 2. The zero-order chi connectivity index (χ0) is 16.5. The van der Waals surface area contributed by atoms with E-state index in [0.717, 1.165) is 17.7 Å². The van der Waals surface area contributed by atoms with Crippen LogP contribution < -0.4 is 10.9 Å². The van der Waals surface area contributed by atoms with Gasteiger partial charge in [-0.3, -0.25) is 9.59 Å². The summed E-state index contributed by atoms with van der Waals surface area (Å²) in [4.78, 5) is 28.7. The molecule has 0 unspecified atom stereocenters. The minimum absolute atomic E-state index is 0.0124. The van der Waals surface area contributed by atoms with Crippen molar-refractivity contribution in [2.24, 2.45) is 5.92 Å². The van der Waals surface area contributed by atoms with E-state index < -0.39 is 5.56 Å². The number of carbonyl (C=O) groups is 1. The van der Waals surface area contributed by atoms with E-state index in [1.165, 1.54) is 6.26 Å². The van der Waals surface area contributed by atoms with Gasteiger partial charge < -0.3 is 14.7 Å². The van der Waals surface area contributed by atoms with Crippen molar-refractivity contribution in [2.45, 2.75) is 18.9 Å². The number of carbonyl (C=O) groups excluding carboxylic acids is 1. The molecular formula is C18H16N2O3S. The molecule has 1 fully saturated rings. The summed E-state index contributed by atoms with van der Waals surface area (Å²) in [6.45, 7) is 0. The summed E-state index contributed by atoms with van der Waals surface area (Å²) in [5.41, 5.74) is 0.258. The van der Waals surface area contributed by atoms with Crippen molar-refractivity contribution in [3.8, 4) is 11.5 Å². The van der Waals surface area contributed by atoms with Gasteiger partial charge in [0.1, 0.15) is 11.3 Å². The van der Waals surface area contributed by atoms with Crippen molar-refractivity contribution in [1.29, 1.82) is 0 Å². The zero-order valence-electron chi connectivity index (χ0n) is 12.8. The molecule has 1 amide bonds. The normalized spacial score (nSPS) is 15.2. The highest BCUT2D eigenvalue weighted by molar-refractivity contribution is 7.10. The largest absolute Gasteiger partial charge is 0.463 e. The minimum Gasteiger partial charge on any atom is -0.463 e. The maximum atomic E-state index is 12.6. The van der Waals surface area contributed by atoms with Crippen molar-refractivity contribution < 1.29 is 9.21 Å². The Morgan fingerprint density at radius 2 is 2.12 bits per heavy atom. The molecule has 0 radical (unpaired) electrons. The van der Waals surface area contributed by atoms with Gasteiger partial charge in [0, 0.05) is 4.88 Å². The number of H-pyrrole nitrogens is 1. The van der Waals surface area contributed by atoms with Crippen molar-refractivity contribution >= 4 is 17.2 Å². The van der Waals surface area contributed by atoms with Crippen molar-refractivity contribution in [2.75, 3.05) is 0 Å². The quantitative estimate of drug-likeness (QED) is 0.745. The molecule has 0 spiro atoms. The molecule has 24 heavy (non-hydrogen) atoms. The first-order valence-electron chi connectivity index (χ1n) is 7.84. The second kappa shape index (κ2) is 6.13. The van der Waals surface area contributed by atoms with Crippen LogP contribution in [0.2, 0.25) is 0 Å². The van der Waals surface area contributed by atoms with Gasteiger partial charge in [0.05, 0.1) is 18.0 Å². The monoisotopic (exact) mass is 340 g/mol. The predicted molar refractivity (Wildman–Crippen MR) is 92.0 cm³/mol. The standard InChI is InChI=1S/C18H16N2O3S/c21-17-12(7-8-13(19-17)14-3-1-9-23-14)18(22)20-16(11-5-6-11)15-4-2-10-24-15/h1-4,7-11,16H,5-6H2,(H,19,21)(H,20,22)/t16-/m1/s1. The van der Waals surface area contributed by atoms with E-state index in [9.17, 15) is 9.59 Å². The molecule has 0 saturated heterocycles. The summed E-state index contributed by atoms with van der Waals surface area (Å²) in [5.74, 6) is 0.690. The molecule has 1 atom stereocenters. The Hall–Kier alpha value is -2.60. The summed E-state index contributed by atoms with van der Waals surface area (Å²) in [6, 6.07) is 10.7. The number of amides is 1. The Bertz CT molecular complexity index is 893. The fourth-order valence-corrected chi connectivity index (χ4v) is 3.64. The highest BCUT2D eigenvalue weighted by atomic mass is 32.1. The van der Waals surface area contributed by atoms with E-state index in [2.05, 4.69) is 10.3 Å². The minimum atomic E-state index is -0.415. The van der Waals surface area contributed by atoms with Crippen LogP contribution in [0.5, 0.6) is 0 Å². The molecule has 0 bridgehead atoms. The lowest BCUT2D eigenvalue weighted by atomic mass is 10.1. The smallest absolute Gasteiger partial charge is 0.261 e. The summed E-state index contributed by atoms with van der Waals surface area (Å²) in [5, 5.41) is 5.02. The van der Waals surface area contributed by atoms with E-state index in [4.69, 9.17) is 4.42 Å². The van der Waals surface area contributed by atoms with Gasteiger partial charge >= 0.3 is 0 Å². The SMILES string of the molecule is O=C(N[C@@H](c1cccs1)C1CC1)c1ccc(-c2ccco2)[nH]c1=O. The Kier molecular flexibility index (Phi) is 3.82. The molecule has 0 aromatic carbocycles. The van der Waals surface area contributed by atoms with E-state index in [1.807, 2.05) is 17.5 Å². The number of furan rings is 1. The maximum absolute atomic E-state index is 12.6. The molecule has 0 aliphatic heterocycles. The fraction of sp³-hybridized carbons (Fsp3) is 0.222. The van der Waals surface area contributed by atoms with Gasteiger partial charge in [-0.25, -0.2) is 0 Å². The lowest BCUT2D eigenvalue weighted by Gasteiger charge is -2.16. The molecule has 6 heteroatoms. The molecule has 1 aliphatic carbocycles. The zero-order valence-corrected chi connectivity index (χ0v) is 13.6. The number of pyridine rings is 1. The summed E-state index contributed by atoms with van der Waals surface area (Å²) < 4.78 is 5.26. The highest BCUT2D eigenvalue weighted by Gasteiger charge is 2.34. The third-order valence-electron chi connectivity index (χ3n) is 4.17. The molecule has 1 saturated carbocycles. The Labute approximate surface area is 142 Å². The predicted octanol–water partition coefficient (Wildman–Crippen LogP) is 3.58. The van der Waals surface area contributed by atoms with Gasteiger partial charge in [0.25, 0.3) is 11.5 Å². The van der Waals surface area contributed by atoms with Gasteiger partial charge in [-0.1, -0.05) is 6.07 Å². The Balaban J connectivity index is 1.57. The van der Waals surface area contributed by atoms with Crippen LogP contribution in [0.15, 0.2) is 57.3 Å². The average molecular weight is 340 g/mol. The average Bonchev–Trinajstić information content (AvgIpc) is 3.04. The second-order valence-corrected chi connectivity index (χ2v) is 6.88. The summed E-state index contributed by atoms with van der Waals surface area (Å²) in [7, 11) is 0. The van der Waals surface area contributed by atoms with Gasteiger partial charge in [-0.15, -0.1) is 11.3 Å². The van der Waals surface area contributed by atoms with Crippen molar-refractivity contribution in [3.05, 3.63) is 68.8 Å². The van der Waals surface area contributed by atoms with Crippen LogP contribution in [0, 0.1) is 5.92 Å². The van der Waals surface area contributed by atoms with Crippen LogP contribution in [-0.2, 0) is 0 Å². The Morgan fingerprint density at radius 1 is 1.25 bits per heavy atom. The molecule has 4 rings (SSSR count). The van der Waals surface area contributed by atoms with Gasteiger partial charge in [-0.2, -0.15) is 0 Å². The van der Waals surface area contributed by atoms with Crippen LogP contribution in [0.4, 0.5) is 0 Å². The third-order valence-corrected chi connectivity index (χ3v) is 5.13. The molecule has 3 aromatic heterocycles. The van der Waals surface area contributed by atoms with E-state index >= 15 is 0 Å². The fourth-order valence-electron chi connectivity index (χ4n) is 2.77. The number of aromatic amines is 1. The van der Waals surface area contributed by atoms with Crippen molar-refractivity contribution in [1.82, 2.24) is 10.3 Å². The number of hydrogen-bond acceptors (Lipinski definition) is 4. The third kappa shape index (κ3) is 2.92. The molecular weight excluding hydrogens is 324 g/mol. The van der Waals surface area contributed by atoms with Crippen LogP contribution in [0.1, 0.15) is 34.1 Å². The lowest BCUT2D eigenvalue weighted by Crippen LogP contribution is -2.33. The van der Waals surface area contributed by atoms with E-state index in [1.54, 1.807) is 35.6 Å². The van der Waals surface area contributed by atoms with Gasteiger partial charge in [-0.05, 0) is 54.5 Å². The lowest BCUT2D eigenvalue weighted by molar-refractivity contribution is 0.0931. The van der Waals surface area contributed by atoms with Crippen LogP contribution in [0.25, 0.3) is 11.5 Å². The highest BCUT2D eigenvalue weighted by Crippen LogP contribution is 2.42. The molecule has 2 N–H and O–H groups in total. The first-order chi connectivity index (χ1) is 11.7. The van der Waals surface area contributed by atoms with Gasteiger partial charge in [0.15, 0.2) is 0 Å². The molecule has 1 aliphatic rings. The first-order valence-corrected chi connectivity index (χ1v) is 8.72. The first kappa shape index (κ1) is 15.0. The molecule has 3 heterocycles. The number of rotatable bonds is 5. The van der Waals surface area contributed by atoms with Crippen LogP contribution in [-0.4, -0.2) is 10.9 Å². The van der Waals surface area contributed by atoms with Crippen LogP contribution in [0.3, 0.4) is 0 Å². The van der Waals surface area contributed by atoms with Crippen LogP contribution >= 0.6 is 11.3 Å². The number of aromatic nitrogens is 1. The van der Waals surface area contributed by atoms with Gasteiger partial charge in [0.2, 0.25) is 0 Å². The second-order valence-electron chi connectivity index (χ2n) is 5.90. The summed E-state index contributed by atoms with van der Waals surface area (Å²) in [6.07, 6.45) is 3.75. The molecule has 122 valence electrons. The van der Waals surface area contributed by atoms with Crippen molar-refractivity contribution in [3.63, 3.8) is 0 Å². The van der Waals surface area contributed by atoms with E-state index in [0.29, 0.717) is 17.4 Å². The summed E-state index contributed by atoms with van der Waals surface area (Å²) >= 11 is 1.63. The number of thiophene rings is 1.